The minimum atomic E-state index is 0.0205. The number of carbonyl (C=O) groups excluding carboxylic acids is 1. The summed E-state index contributed by atoms with van der Waals surface area (Å²) in [6.07, 6.45) is 9.25. The molecule has 1 aliphatic rings. The Morgan fingerprint density at radius 2 is 2.17 bits per heavy atom. The van der Waals surface area contributed by atoms with Gasteiger partial charge < -0.3 is 9.30 Å². The molecule has 0 saturated heterocycles. The summed E-state index contributed by atoms with van der Waals surface area (Å²) in [6, 6.07) is 8.03. The lowest BCUT2D eigenvalue weighted by atomic mass is 10.2. The number of pyridine rings is 2. The molecule has 3 heterocycles. The highest BCUT2D eigenvalue weighted by Gasteiger charge is 2.33. The quantitative estimate of drug-likeness (QED) is 0.707. The summed E-state index contributed by atoms with van der Waals surface area (Å²) in [4.78, 5) is 23.3. The molecule has 6 heteroatoms. The number of carbonyl (C=O) groups is 1. The maximum Gasteiger partial charge on any atom is 0.256 e. The molecule has 1 aliphatic carbocycles. The van der Waals surface area contributed by atoms with Crippen LogP contribution < -0.4 is 0 Å². The third-order valence-electron chi connectivity index (χ3n) is 4.03. The van der Waals surface area contributed by atoms with E-state index in [1.165, 1.54) is 0 Å². The molecule has 3 aromatic rings. The van der Waals surface area contributed by atoms with Gasteiger partial charge in [-0.3, -0.25) is 9.78 Å². The first-order chi connectivity index (χ1) is 11.2. The van der Waals surface area contributed by atoms with Gasteiger partial charge in [-0.1, -0.05) is 6.07 Å². The van der Waals surface area contributed by atoms with Gasteiger partial charge in [0.15, 0.2) is 0 Å². The van der Waals surface area contributed by atoms with Crippen LogP contribution in [0.1, 0.15) is 28.9 Å². The number of fused-ring (bicyclic) bond motifs is 1. The predicted octanol–water partition coefficient (Wildman–Crippen LogP) is 3.30. The normalized spacial score (nSPS) is 14.1. The molecule has 0 atom stereocenters. The van der Waals surface area contributed by atoms with E-state index < -0.39 is 0 Å². The van der Waals surface area contributed by atoms with Gasteiger partial charge in [0.2, 0.25) is 0 Å². The molecule has 5 nitrogen and oxygen atoms in total. The second kappa shape index (κ2) is 5.77. The molecule has 0 bridgehead atoms. The molecule has 0 unspecified atom stereocenters. The molecule has 0 aromatic carbocycles. The minimum absolute atomic E-state index is 0.0205. The first kappa shape index (κ1) is 14.4. The first-order valence-electron chi connectivity index (χ1n) is 7.55. The van der Waals surface area contributed by atoms with Crippen LogP contribution in [0.15, 0.2) is 53.5 Å². The minimum Gasteiger partial charge on any atom is -0.330 e. The zero-order valence-corrected chi connectivity index (χ0v) is 14.0. The van der Waals surface area contributed by atoms with E-state index in [9.17, 15) is 4.79 Å². The number of hydrogen-bond donors (Lipinski definition) is 0. The molecule has 1 fully saturated rings. The summed E-state index contributed by atoms with van der Waals surface area (Å²) in [5.41, 5.74) is 2.53. The Morgan fingerprint density at radius 3 is 2.96 bits per heavy atom. The van der Waals surface area contributed by atoms with Crippen LogP contribution in [0.4, 0.5) is 0 Å². The molecular formula is C17H15BrN4O. The monoisotopic (exact) mass is 370 g/mol. The zero-order chi connectivity index (χ0) is 15.8. The second-order valence-electron chi connectivity index (χ2n) is 5.73. The summed E-state index contributed by atoms with van der Waals surface area (Å²) in [7, 11) is 0. The van der Waals surface area contributed by atoms with E-state index >= 15 is 0 Å². The van der Waals surface area contributed by atoms with Crippen LogP contribution in [0, 0.1) is 0 Å². The molecule has 116 valence electrons. The number of rotatable bonds is 4. The van der Waals surface area contributed by atoms with E-state index in [1.807, 2.05) is 46.0 Å². The summed E-state index contributed by atoms with van der Waals surface area (Å²) < 4.78 is 2.84. The summed E-state index contributed by atoms with van der Waals surface area (Å²) in [5, 5.41) is 0. The number of nitrogens with zero attached hydrogens (tertiary/aromatic N) is 4. The van der Waals surface area contributed by atoms with E-state index in [1.54, 1.807) is 12.4 Å². The van der Waals surface area contributed by atoms with E-state index in [4.69, 9.17) is 0 Å². The smallest absolute Gasteiger partial charge is 0.256 e. The maximum absolute atomic E-state index is 12.9. The highest BCUT2D eigenvalue weighted by atomic mass is 79.9. The maximum atomic E-state index is 12.9. The van der Waals surface area contributed by atoms with E-state index in [0.29, 0.717) is 18.2 Å². The zero-order valence-electron chi connectivity index (χ0n) is 12.4. The lowest BCUT2D eigenvalue weighted by molar-refractivity contribution is 0.0727. The van der Waals surface area contributed by atoms with Crippen LogP contribution in [0.25, 0.3) is 5.65 Å². The SMILES string of the molecule is O=C(c1cncc(Br)c1)N(Cc1cnc2ccccn12)C1CC1. The summed E-state index contributed by atoms with van der Waals surface area (Å²) >= 11 is 3.38. The number of amides is 1. The fourth-order valence-corrected chi connectivity index (χ4v) is 3.09. The lowest BCUT2D eigenvalue weighted by Gasteiger charge is -2.22. The molecule has 23 heavy (non-hydrogen) atoms. The third kappa shape index (κ3) is 2.86. The molecule has 0 aliphatic heterocycles. The first-order valence-corrected chi connectivity index (χ1v) is 8.34. The van der Waals surface area contributed by atoms with Crippen LogP contribution in [-0.2, 0) is 6.54 Å². The fraction of sp³-hybridized carbons (Fsp3) is 0.235. The molecule has 0 N–H and O–H groups in total. The molecular weight excluding hydrogens is 356 g/mol. The lowest BCUT2D eigenvalue weighted by Crippen LogP contribution is -2.33. The van der Waals surface area contributed by atoms with Gasteiger partial charge in [0.05, 0.1) is 24.0 Å². The van der Waals surface area contributed by atoms with Crippen molar-refractivity contribution in [2.24, 2.45) is 0 Å². The largest absolute Gasteiger partial charge is 0.330 e. The number of imidazole rings is 1. The van der Waals surface area contributed by atoms with Crippen LogP contribution in [-0.4, -0.2) is 31.2 Å². The Kier molecular flexibility index (Phi) is 3.61. The van der Waals surface area contributed by atoms with Crippen LogP contribution in [0.2, 0.25) is 0 Å². The molecule has 0 radical (unpaired) electrons. The van der Waals surface area contributed by atoms with Crippen molar-refractivity contribution in [3.8, 4) is 0 Å². The van der Waals surface area contributed by atoms with E-state index in [-0.39, 0.29) is 5.91 Å². The Bertz CT molecular complexity index is 872. The van der Waals surface area contributed by atoms with Crippen molar-refractivity contribution in [1.82, 2.24) is 19.3 Å². The van der Waals surface area contributed by atoms with Gasteiger partial charge in [-0.15, -0.1) is 0 Å². The summed E-state index contributed by atoms with van der Waals surface area (Å²) in [6.45, 7) is 0.557. The van der Waals surface area contributed by atoms with Gasteiger partial charge in [-0.2, -0.15) is 0 Å². The number of hydrogen-bond acceptors (Lipinski definition) is 3. The number of aromatic nitrogens is 3. The molecule has 0 spiro atoms. The van der Waals surface area contributed by atoms with Gasteiger partial charge >= 0.3 is 0 Å². The highest BCUT2D eigenvalue weighted by Crippen LogP contribution is 2.30. The average Bonchev–Trinajstić information content (AvgIpc) is 3.33. The molecule has 1 saturated carbocycles. The molecule has 1 amide bonds. The van der Waals surface area contributed by atoms with Crippen molar-refractivity contribution in [2.75, 3.05) is 0 Å². The van der Waals surface area contributed by atoms with E-state index in [0.717, 1.165) is 28.7 Å². The van der Waals surface area contributed by atoms with Gasteiger partial charge in [0.25, 0.3) is 5.91 Å². The Labute approximate surface area is 142 Å². The van der Waals surface area contributed by atoms with E-state index in [2.05, 4.69) is 25.9 Å². The Morgan fingerprint density at radius 1 is 1.30 bits per heavy atom. The number of halogens is 1. The van der Waals surface area contributed by atoms with Gasteiger partial charge in [-0.25, -0.2) is 4.98 Å². The van der Waals surface area contributed by atoms with Gasteiger partial charge in [0, 0.05) is 29.1 Å². The van der Waals surface area contributed by atoms with Crippen molar-refractivity contribution < 1.29 is 4.79 Å². The van der Waals surface area contributed by atoms with Gasteiger partial charge in [-0.05, 0) is 47.0 Å². The standard InChI is InChI=1S/C17H15BrN4O/c18-13-7-12(8-19-9-13)17(23)22(14-4-5-14)11-15-10-20-16-3-1-2-6-21(15)16/h1-3,6-10,14H,4-5,11H2. The van der Waals surface area contributed by atoms with Crippen molar-refractivity contribution >= 4 is 27.5 Å². The average molecular weight is 371 g/mol. The van der Waals surface area contributed by atoms with Crippen LogP contribution in [0.3, 0.4) is 0 Å². The Hall–Kier alpha value is -2.21. The third-order valence-corrected chi connectivity index (χ3v) is 4.46. The second-order valence-corrected chi connectivity index (χ2v) is 6.65. The highest BCUT2D eigenvalue weighted by molar-refractivity contribution is 9.10. The van der Waals surface area contributed by atoms with Crippen molar-refractivity contribution in [3.63, 3.8) is 0 Å². The molecule has 3 aromatic heterocycles. The van der Waals surface area contributed by atoms with Crippen molar-refractivity contribution in [3.05, 3.63) is 64.8 Å². The Balaban J connectivity index is 1.65. The van der Waals surface area contributed by atoms with Crippen molar-refractivity contribution in [1.29, 1.82) is 0 Å². The fourth-order valence-electron chi connectivity index (χ4n) is 2.72. The predicted molar refractivity (Wildman–Crippen MR) is 90.0 cm³/mol. The molecule has 4 rings (SSSR count). The van der Waals surface area contributed by atoms with Gasteiger partial charge in [0.1, 0.15) is 5.65 Å². The van der Waals surface area contributed by atoms with Crippen LogP contribution >= 0.6 is 15.9 Å². The topological polar surface area (TPSA) is 50.5 Å². The summed E-state index contributed by atoms with van der Waals surface area (Å²) in [5.74, 6) is 0.0205. The van der Waals surface area contributed by atoms with Crippen molar-refractivity contribution in [2.45, 2.75) is 25.4 Å². The van der Waals surface area contributed by atoms with Crippen LogP contribution in [0.5, 0.6) is 0 Å².